The summed E-state index contributed by atoms with van der Waals surface area (Å²) in [5.41, 5.74) is 7.52. The molecular formula is C11H12N2O2. The number of aromatic amines is 1. The summed E-state index contributed by atoms with van der Waals surface area (Å²) in [6.07, 6.45) is 0. The molecule has 0 aliphatic rings. The molecule has 2 rings (SSSR count). The molecule has 0 atom stereocenters. The number of carbonyl (C=O) groups is 1. The molecule has 4 heteroatoms. The van der Waals surface area contributed by atoms with Crippen LogP contribution in [-0.4, -0.2) is 18.0 Å². The highest BCUT2D eigenvalue weighted by molar-refractivity contribution is 6.07. The lowest BCUT2D eigenvalue weighted by Crippen LogP contribution is -2.11. The smallest absolute Gasteiger partial charge is 0.251 e. The van der Waals surface area contributed by atoms with E-state index in [1.807, 2.05) is 19.1 Å². The molecule has 1 amide bonds. The van der Waals surface area contributed by atoms with Crippen LogP contribution in [0.3, 0.4) is 0 Å². The number of hydrogen-bond acceptors (Lipinski definition) is 2. The number of aryl methyl sites for hydroxylation is 1. The highest BCUT2D eigenvalue weighted by Crippen LogP contribution is 2.25. The average molecular weight is 204 g/mol. The summed E-state index contributed by atoms with van der Waals surface area (Å²) >= 11 is 0. The van der Waals surface area contributed by atoms with Gasteiger partial charge in [0.05, 0.1) is 12.7 Å². The van der Waals surface area contributed by atoms with Crippen molar-refractivity contribution in [2.24, 2.45) is 5.73 Å². The number of nitrogens with two attached hydrogens (primary N) is 1. The Kier molecular flexibility index (Phi) is 2.11. The first-order valence-corrected chi connectivity index (χ1v) is 4.59. The molecule has 0 bridgehead atoms. The van der Waals surface area contributed by atoms with E-state index >= 15 is 0 Å². The first-order chi connectivity index (χ1) is 7.13. The van der Waals surface area contributed by atoms with Crippen molar-refractivity contribution in [3.63, 3.8) is 0 Å². The molecule has 1 aromatic heterocycles. The van der Waals surface area contributed by atoms with Gasteiger partial charge in [0.1, 0.15) is 5.75 Å². The van der Waals surface area contributed by atoms with Crippen molar-refractivity contribution >= 4 is 16.8 Å². The third-order valence-corrected chi connectivity index (χ3v) is 2.44. The van der Waals surface area contributed by atoms with Crippen molar-refractivity contribution in [1.82, 2.24) is 4.98 Å². The van der Waals surface area contributed by atoms with Gasteiger partial charge >= 0.3 is 0 Å². The van der Waals surface area contributed by atoms with Gasteiger partial charge in [-0.15, -0.1) is 0 Å². The van der Waals surface area contributed by atoms with Crippen LogP contribution in [0.15, 0.2) is 18.2 Å². The van der Waals surface area contributed by atoms with Crippen LogP contribution in [0.5, 0.6) is 5.75 Å². The van der Waals surface area contributed by atoms with Gasteiger partial charge in [-0.05, 0) is 25.1 Å². The van der Waals surface area contributed by atoms with Crippen LogP contribution >= 0.6 is 0 Å². The number of H-pyrrole nitrogens is 1. The number of nitrogens with one attached hydrogen (secondary N) is 1. The van der Waals surface area contributed by atoms with Crippen LogP contribution in [0.4, 0.5) is 0 Å². The standard InChI is InChI=1S/C11H12N2O2/c1-6-10(11(12)14)8-5-7(15-2)3-4-9(8)13-6/h3-5,13H,1-2H3,(H2,12,14). The van der Waals surface area contributed by atoms with E-state index < -0.39 is 5.91 Å². The van der Waals surface area contributed by atoms with Crippen molar-refractivity contribution in [3.05, 3.63) is 29.5 Å². The van der Waals surface area contributed by atoms with E-state index in [1.165, 1.54) is 0 Å². The molecule has 0 saturated heterocycles. The first kappa shape index (κ1) is 9.58. The van der Waals surface area contributed by atoms with Gasteiger partial charge in [-0.3, -0.25) is 4.79 Å². The molecule has 0 aliphatic heterocycles. The molecule has 1 heterocycles. The van der Waals surface area contributed by atoms with Gasteiger partial charge in [-0.2, -0.15) is 0 Å². The van der Waals surface area contributed by atoms with Crippen molar-refractivity contribution in [3.8, 4) is 5.75 Å². The van der Waals surface area contributed by atoms with Gasteiger partial charge in [0.15, 0.2) is 0 Å². The topological polar surface area (TPSA) is 68.1 Å². The van der Waals surface area contributed by atoms with E-state index in [9.17, 15) is 4.79 Å². The first-order valence-electron chi connectivity index (χ1n) is 4.59. The minimum atomic E-state index is -0.424. The van der Waals surface area contributed by atoms with Gasteiger partial charge in [0.25, 0.3) is 5.91 Å². The fraction of sp³-hybridized carbons (Fsp3) is 0.182. The van der Waals surface area contributed by atoms with E-state index in [0.717, 1.165) is 16.6 Å². The van der Waals surface area contributed by atoms with E-state index in [-0.39, 0.29) is 0 Å². The number of aromatic nitrogens is 1. The molecule has 1 aromatic carbocycles. The van der Waals surface area contributed by atoms with Crippen LogP contribution in [-0.2, 0) is 0 Å². The van der Waals surface area contributed by atoms with Gasteiger partial charge in [0.2, 0.25) is 0 Å². The highest BCUT2D eigenvalue weighted by Gasteiger charge is 2.13. The number of hydrogen-bond donors (Lipinski definition) is 2. The largest absolute Gasteiger partial charge is 0.497 e. The van der Waals surface area contributed by atoms with Crippen LogP contribution in [0.2, 0.25) is 0 Å². The quantitative estimate of drug-likeness (QED) is 0.779. The molecule has 0 radical (unpaired) electrons. The Bertz CT molecular complexity index is 529. The Morgan fingerprint density at radius 2 is 2.20 bits per heavy atom. The van der Waals surface area contributed by atoms with Crippen molar-refractivity contribution in [2.45, 2.75) is 6.92 Å². The summed E-state index contributed by atoms with van der Waals surface area (Å²) in [5.74, 6) is 0.288. The molecule has 3 N–H and O–H groups in total. The van der Waals surface area contributed by atoms with E-state index in [2.05, 4.69) is 4.98 Å². The van der Waals surface area contributed by atoms with Gasteiger partial charge < -0.3 is 15.5 Å². The number of rotatable bonds is 2. The monoisotopic (exact) mass is 204 g/mol. The summed E-state index contributed by atoms with van der Waals surface area (Å²) in [4.78, 5) is 14.4. The highest BCUT2D eigenvalue weighted by atomic mass is 16.5. The molecular weight excluding hydrogens is 192 g/mol. The van der Waals surface area contributed by atoms with Crippen molar-refractivity contribution in [2.75, 3.05) is 7.11 Å². The number of methoxy groups -OCH3 is 1. The normalized spacial score (nSPS) is 10.5. The molecule has 0 fully saturated rings. The summed E-state index contributed by atoms with van der Waals surface area (Å²) in [6, 6.07) is 5.51. The fourth-order valence-electron chi connectivity index (χ4n) is 1.75. The predicted octanol–water partition coefficient (Wildman–Crippen LogP) is 1.58. The average Bonchev–Trinajstić information content (AvgIpc) is 2.52. The molecule has 0 spiro atoms. The second kappa shape index (κ2) is 3.31. The third kappa shape index (κ3) is 1.44. The van der Waals surface area contributed by atoms with Crippen LogP contribution in [0.25, 0.3) is 10.9 Å². The maximum atomic E-state index is 11.3. The van der Waals surface area contributed by atoms with Gasteiger partial charge in [-0.25, -0.2) is 0 Å². The zero-order valence-electron chi connectivity index (χ0n) is 8.63. The number of primary amides is 1. The summed E-state index contributed by atoms with van der Waals surface area (Å²) in [6.45, 7) is 1.83. The maximum Gasteiger partial charge on any atom is 0.251 e. The van der Waals surface area contributed by atoms with Crippen molar-refractivity contribution in [1.29, 1.82) is 0 Å². The minimum absolute atomic E-state index is 0.424. The number of amides is 1. The van der Waals surface area contributed by atoms with Crippen LogP contribution < -0.4 is 10.5 Å². The molecule has 2 aromatic rings. The minimum Gasteiger partial charge on any atom is -0.497 e. The van der Waals surface area contributed by atoms with Crippen LogP contribution in [0.1, 0.15) is 16.1 Å². The van der Waals surface area contributed by atoms with E-state index in [4.69, 9.17) is 10.5 Å². The number of carbonyl (C=O) groups excluding carboxylic acids is 1. The Hall–Kier alpha value is -1.97. The molecule has 78 valence electrons. The molecule has 15 heavy (non-hydrogen) atoms. The third-order valence-electron chi connectivity index (χ3n) is 2.44. The van der Waals surface area contributed by atoms with Gasteiger partial charge in [0, 0.05) is 16.6 Å². The summed E-state index contributed by atoms with van der Waals surface area (Å²) in [7, 11) is 1.59. The number of fused-ring (bicyclic) bond motifs is 1. The fourth-order valence-corrected chi connectivity index (χ4v) is 1.75. The Morgan fingerprint density at radius 3 is 2.80 bits per heavy atom. The Morgan fingerprint density at radius 1 is 1.47 bits per heavy atom. The summed E-state index contributed by atoms with van der Waals surface area (Å²) < 4.78 is 5.10. The lowest BCUT2D eigenvalue weighted by atomic mass is 10.1. The Labute approximate surface area is 87.0 Å². The van der Waals surface area contributed by atoms with Crippen molar-refractivity contribution < 1.29 is 9.53 Å². The molecule has 0 saturated carbocycles. The zero-order valence-corrected chi connectivity index (χ0v) is 8.63. The lowest BCUT2D eigenvalue weighted by molar-refractivity contribution is 0.100. The molecule has 0 aliphatic carbocycles. The second-order valence-corrected chi connectivity index (χ2v) is 3.40. The molecule has 0 unspecified atom stereocenters. The van der Waals surface area contributed by atoms with E-state index in [1.54, 1.807) is 13.2 Å². The zero-order chi connectivity index (χ0) is 11.0. The van der Waals surface area contributed by atoms with Gasteiger partial charge in [-0.1, -0.05) is 0 Å². The van der Waals surface area contributed by atoms with E-state index in [0.29, 0.717) is 11.3 Å². The SMILES string of the molecule is COc1ccc2[nH]c(C)c(C(N)=O)c2c1. The number of benzene rings is 1. The lowest BCUT2D eigenvalue weighted by Gasteiger charge is -1.99. The van der Waals surface area contributed by atoms with Crippen LogP contribution in [0, 0.1) is 6.92 Å². The Balaban J connectivity index is 2.77. The number of ether oxygens (including phenoxy) is 1. The maximum absolute atomic E-state index is 11.3. The molecule has 4 nitrogen and oxygen atoms in total. The second-order valence-electron chi connectivity index (χ2n) is 3.40. The summed E-state index contributed by atoms with van der Waals surface area (Å²) in [5, 5.41) is 0.805. The predicted molar refractivity (Wildman–Crippen MR) is 58.1 cm³/mol.